The van der Waals surface area contributed by atoms with Crippen LogP contribution in [0, 0.1) is 0 Å². The molecule has 0 heterocycles. The monoisotopic (exact) mass is 467 g/mol. The van der Waals surface area contributed by atoms with Crippen LogP contribution < -0.4 is 20.9 Å². The predicted molar refractivity (Wildman–Crippen MR) is 116 cm³/mol. The Kier molecular flexibility index (Phi) is 6.82. The third kappa shape index (κ3) is 5.45. The molecule has 0 aliphatic rings. The lowest BCUT2D eigenvalue weighted by molar-refractivity contribution is 0.0846. The fourth-order valence-corrected chi connectivity index (χ4v) is 2.77. The first kappa shape index (κ1) is 21.1. The number of carbonyl (C=O) groups is 3. The van der Waals surface area contributed by atoms with E-state index in [1.54, 1.807) is 72.8 Å². The Morgan fingerprint density at radius 1 is 0.667 bits per heavy atom. The molecule has 3 amide bonds. The zero-order valence-corrected chi connectivity index (χ0v) is 17.5. The number of carbonyl (C=O) groups excluding carboxylic acids is 3. The quantitative estimate of drug-likeness (QED) is 0.497. The number of ether oxygens (including phenoxy) is 1. The van der Waals surface area contributed by atoms with Gasteiger partial charge in [0.1, 0.15) is 5.75 Å². The highest BCUT2D eigenvalue weighted by molar-refractivity contribution is 9.10. The Hall–Kier alpha value is -3.65. The van der Waals surface area contributed by atoms with Gasteiger partial charge in [-0.1, -0.05) is 15.9 Å². The van der Waals surface area contributed by atoms with Crippen LogP contribution in [0.4, 0.5) is 5.69 Å². The van der Waals surface area contributed by atoms with Crippen molar-refractivity contribution >= 4 is 39.3 Å². The molecule has 3 aromatic rings. The summed E-state index contributed by atoms with van der Waals surface area (Å²) in [4.78, 5) is 36.6. The lowest BCUT2D eigenvalue weighted by Gasteiger charge is -2.09. The van der Waals surface area contributed by atoms with Gasteiger partial charge in [-0.2, -0.15) is 0 Å². The van der Waals surface area contributed by atoms with E-state index in [9.17, 15) is 14.4 Å². The van der Waals surface area contributed by atoms with Crippen LogP contribution in [0.1, 0.15) is 31.1 Å². The number of halogens is 1. The minimum absolute atomic E-state index is 0.258. The number of hydrogen-bond donors (Lipinski definition) is 3. The van der Waals surface area contributed by atoms with Gasteiger partial charge in [-0.15, -0.1) is 0 Å². The van der Waals surface area contributed by atoms with Crippen LogP contribution in [-0.2, 0) is 0 Å². The largest absolute Gasteiger partial charge is 0.497 e. The number of benzene rings is 3. The Morgan fingerprint density at radius 2 is 1.10 bits per heavy atom. The van der Waals surface area contributed by atoms with Crippen molar-refractivity contribution in [2.24, 2.45) is 0 Å². The van der Waals surface area contributed by atoms with Gasteiger partial charge in [-0.25, -0.2) is 0 Å². The third-order valence-corrected chi connectivity index (χ3v) is 4.68. The van der Waals surface area contributed by atoms with Crippen molar-refractivity contribution in [2.45, 2.75) is 0 Å². The van der Waals surface area contributed by atoms with Gasteiger partial charge in [0.05, 0.1) is 7.11 Å². The Morgan fingerprint density at radius 3 is 1.60 bits per heavy atom. The maximum absolute atomic E-state index is 12.2. The number of amides is 3. The molecule has 0 radical (unpaired) electrons. The van der Waals surface area contributed by atoms with E-state index >= 15 is 0 Å². The maximum Gasteiger partial charge on any atom is 0.269 e. The smallest absolute Gasteiger partial charge is 0.269 e. The van der Waals surface area contributed by atoms with Crippen molar-refractivity contribution < 1.29 is 19.1 Å². The first-order valence-electron chi connectivity index (χ1n) is 8.88. The van der Waals surface area contributed by atoms with Gasteiger partial charge in [-0.3, -0.25) is 25.2 Å². The summed E-state index contributed by atoms with van der Waals surface area (Å²) in [6.45, 7) is 0. The van der Waals surface area contributed by atoms with Gasteiger partial charge in [0.15, 0.2) is 0 Å². The van der Waals surface area contributed by atoms with Crippen LogP contribution in [0.25, 0.3) is 0 Å². The summed E-state index contributed by atoms with van der Waals surface area (Å²) in [5, 5.41) is 2.76. The second-order valence-electron chi connectivity index (χ2n) is 6.18. The van der Waals surface area contributed by atoms with E-state index in [0.717, 1.165) is 4.47 Å². The molecule has 0 aliphatic heterocycles. The molecule has 0 unspecified atom stereocenters. The molecule has 0 spiro atoms. The normalized spacial score (nSPS) is 10.1. The van der Waals surface area contributed by atoms with E-state index in [-0.39, 0.29) is 5.91 Å². The lowest BCUT2D eigenvalue weighted by atomic mass is 10.1. The SMILES string of the molecule is COc1ccc(C(=O)NNC(=O)c2ccc(NC(=O)c3ccc(Br)cc3)cc2)cc1. The summed E-state index contributed by atoms with van der Waals surface area (Å²) in [5.74, 6) is -0.568. The molecule has 0 saturated heterocycles. The molecular weight excluding hydrogens is 450 g/mol. The predicted octanol–water partition coefficient (Wildman–Crippen LogP) is 3.78. The van der Waals surface area contributed by atoms with Gasteiger partial charge in [-0.05, 0) is 72.8 Å². The highest BCUT2D eigenvalue weighted by atomic mass is 79.9. The van der Waals surface area contributed by atoms with Crippen LogP contribution in [0.2, 0.25) is 0 Å². The van der Waals surface area contributed by atoms with E-state index in [1.165, 1.54) is 7.11 Å². The highest BCUT2D eigenvalue weighted by Gasteiger charge is 2.10. The summed E-state index contributed by atoms with van der Waals surface area (Å²) >= 11 is 3.32. The molecule has 0 aromatic heterocycles. The second-order valence-corrected chi connectivity index (χ2v) is 7.09. The first-order chi connectivity index (χ1) is 14.5. The molecule has 0 bridgehead atoms. The lowest BCUT2D eigenvalue weighted by Crippen LogP contribution is -2.41. The summed E-state index contributed by atoms with van der Waals surface area (Å²) in [6.07, 6.45) is 0. The standard InChI is InChI=1S/C22H18BrN3O4/c1-30-19-12-6-16(7-13-19)22(29)26-25-21(28)15-4-10-18(11-5-15)24-20(27)14-2-8-17(23)9-3-14/h2-13H,1H3,(H,24,27)(H,25,28)(H,26,29). The third-order valence-electron chi connectivity index (χ3n) is 4.15. The number of rotatable bonds is 5. The topological polar surface area (TPSA) is 96.5 Å². The van der Waals surface area contributed by atoms with Crippen LogP contribution in [0.15, 0.2) is 77.3 Å². The maximum atomic E-state index is 12.2. The van der Waals surface area contributed by atoms with Gasteiger partial charge in [0.2, 0.25) is 0 Å². The average Bonchev–Trinajstić information content (AvgIpc) is 2.78. The molecule has 3 aromatic carbocycles. The summed E-state index contributed by atoms with van der Waals surface area (Å²) in [5.41, 5.74) is 6.47. The van der Waals surface area contributed by atoms with Gasteiger partial charge in [0.25, 0.3) is 17.7 Å². The molecule has 0 saturated carbocycles. The Balaban J connectivity index is 1.54. The first-order valence-corrected chi connectivity index (χ1v) is 9.67. The van der Waals surface area contributed by atoms with Crippen molar-refractivity contribution in [3.8, 4) is 5.75 Å². The van der Waals surface area contributed by atoms with Crippen molar-refractivity contribution in [3.05, 3.63) is 94.0 Å². The number of nitrogens with one attached hydrogen (secondary N) is 3. The minimum Gasteiger partial charge on any atom is -0.497 e. The summed E-state index contributed by atoms with van der Waals surface area (Å²) in [7, 11) is 1.53. The Bertz CT molecular complexity index is 1050. The van der Waals surface area contributed by atoms with Crippen LogP contribution in [-0.4, -0.2) is 24.8 Å². The Labute approximate surface area is 181 Å². The molecule has 3 N–H and O–H groups in total. The molecular formula is C22H18BrN3O4. The van der Waals surface area contributed by atoms with E-state index in [0.29, 0.717) is 28.1 Å². The summed E-state index contributed by atoms with van der Waals surface area (Å²) in [6, 6.07) is 19.7. The molecule has 7 nitrogen and oxygen atoms in total. The van der Waals surface area contributed by atoms with Crippen molar-refractivity contribution in [2.75, 3.05) is 12.4 Å². The zero-order chi connectivity index (χ0) is 21.5. The number of hydrazine groups is 1. The average molecular weight is 468 g/mol. The van der Waals surface area contributed by atoms with Crippen LogP contribution in [0.5, 0.6) is 5.75 Å². The summed E-state index contributed by atoms with van der Waals surface area (Å²) < 4.78 is 5.92. The fraction of sp³-hybridized carbons (Fsp3) is 0.0455. The second kappa shape index (κ2) is 9.71. The highest BCUT2D eigenvalue weighted by Crippen LogP contribution is 2.14. The van der Waals surface area contributed by atoms with Gasteiger partial charge in [0, 0.05) is 26.9 Å². The number of methoxy groups -OCH3 is 1. The zero-order valence-electron chi connectivity index (χ0n) is 15.9. The molecule has 30 heavy (non-hydrogen) atoms. The van der Waals surface area contributed by atoms with E-state index in [4.69, 9.17) is 4.74 Å². The fourth-order valence-electron chi connectivity index (χ4n) is 2.51. The van der Waals surface area contributed by atoms with E-state index in [2.05, 4.69) is 32.1 Å². The van der Waals surface area contributed by atoms with Crippen LogP contribution in [0.3, 0.4) is 0 Å². The van der Waals surface area contributed by atoms with Gasteiger partial charge < -0.3 is 10.1 Å². The van der Waals surface area contributed by atoms with Crippen LogP contribution >= 0.6 is 15.9 Å². The molecule has 152 valence electrons. The van der Waals surface area contributed by atoms with Crippen molar-refractivity contribution in [1.29, 1.82) is 0 Å². The van der Waals surface area contributed by atoms with Gasteiger partial charge >= 0.3 is 0 Å². The molecule has 3 rings (SSSR count). The molecule has 0 atom stereocenters. The molecule has 0 fully saturated rings. The molecule has 8 heteroatoms. The number of hydrogen-bond acceptors (Lipinski definition) is 4. The molecule has 0 aliphatic carbocycles. The van der Waals surface area contributed by atoms with E-state index < -0.39 is 11.8 Å². The minimum atomic E-state index is -0.484. The van der Waals surface area contributed by atoms with Crippen molar-refractivity contribution in [3.63, 3.8) is 0 Å². The van der Waals surface area contributed by atoms with E-state index in [1.807, 2.05) is 0 Å². The van der Waals surface area contributed by atoms with Crippen molar-refractivity contribution in [1.82, 2.24) is 10.9 Å². The number of anilines is 1.